The van der Waals surface area contributed by atoms with Crippen LogP contribution in [0.15, 0.2) is 24.3 Å². The van der Waals surface area contributed by atoms with Gasteiger partial charge in [-0.2, -0.15) is 0 Å². The van der Waals surface area contributed by atoms with Gasteiger partial charge in [-0.25, -0.2) is 0 Å². The van der Waals surface area contributed by atoms with E-state index in [0.717, 1.165) is 35.0 Å². The van der Waals surface area contributed by atoms with E-state index in [2.05, 4.69) is 11.9 Å². The molecule has 2 rings (SSSR count). The van der Waals surface area contributed by atoms with E-state index in [1.54, 1.807) is 0 Å². The first-order chi connectivity index (χ1) is 8.72. The number of fused-ring (bicyclic) bond motifs is 1. The van der Waals surface area contributed by atoms with E-state index in [9.17, 15) is 4.79 Å². The van der Waals surface area contributed by atoms with Crippen molar-refractivity contribution in [2.24, 2.45) is 0 Å². The fraction of sp³-hybridized carbons (Fsp3) is 0.400. The number of nitrogens with one attached hydrogen (secondary N) is 1. The van der Waals surface area contributed by atoms with Gasteiger partial charge in [0.1, 0.15) is 0 Å². The lowest BCUT2D eigenvalue weighted by Crippen LogP contribution is -2.09. The Morgan fingerprint density at radius 3 is 2.89 bits per heavy atom. The number of carbonyl (C=O) groups is 1. The van der Waals surface area contributed by atoms with Gasteiger partial charge in [0.25, 0.3) is 0 Å². The molecule has 0 unspecified atom stereocenters. The molecule has 3 nitrogen and oxygen atoms in total. The molecule has 0 aliphatic heterocycles. The zero-order valence-corrected chi connectivity index (χ0v) is 11.0. The van der Waals surface area contributed by atoms with E-state index in [1.165, 1.54) is 0 Å². The predicted octanol–water partition coefficient (Wildman–Crippen LogP) is 3.36. The van der Waals surface area contributed by atoms with Crippen molar-refractivity contribution < 1.29 is 9.53 Å². The summed E-state index contributed by atoms with van der Waals surface area (Å²) in [5.41, 5.74) is 3.17. The first-order valence-corrected chi connectivity index (χ1v) is 6.44. The lowest BCUT2D eigenvalue weighted by atomic mass is 10.1. The van der Waals surface area contributed by atoms with Gasteiger partial charge in [0.15, 0.2) is 0 Å². The van der Waals surface area contributed by atoms with Crippen molar-refractivity contribution >= 4 is 16.9 Å². The highest BCUT2D eigenvalue weighted by molar-refractivity contribution is 5.88. The lowest BCUT2D eigenvalue weighted by Gasteiger charge is -2.04. The van der Waals surface area contributed by atoms with Gasteiger partial charge in [0.2, 0.25) is 0 Å². The minimum absolute atomic E-state index is 0.142. The summed E-state index contributed by atoms with van der Waals surface area (Å²) < 4.78 is 5.21. The largest absolute Gasteiger partial charge is 0.465 e. The van der Waals surface area contributed by atoms with Crippen LogP contribution in [0.5, 0.6) is 0 Å². The number of benzene rings is 1. The number of hydrogen-bond donors (Lipinski definition) is 1. The summed E-state index contributed by atoms with van der Waals surface area (Å²) in [6.45, 7) is 4.60. The van der Waals surface area contributed by atoms with E-state index >= 15 is 0 Å². The number of aryl methyl sites for hydroxylation is 1. The summed E-state index contributed by atoms with van der Waals surface area (Å²) in [5, 5.41) is 1.11. The summed E-state index contributed by atoms with van der Waals surface area (Å²) >= 11 is 0. The monoisotopic (exact) mass is 245 g/mol. The number of esters is 1. The van der Waals surface area contributed by atoms with Crippen LogP contribution in [-0.2, 0) is 16.0 Å². The Bertz CT molecular complexity index is 542. The quantitative estimate of drug-likeness (QED) is 0.648. The molecule has 0 saturated carbocycles. The third-order valence-corrected chi connectivity index (χ3v) is 3.11. The second-order valence-electron chi connectivity index (χ2n) is 4.52. The Balaban J connectivity index is 2.11. The molecule has 0 aliphatic rings. The van der Waals surface area contributed by atoms with Crippen molar-refractivity contribution in [3.8, 4) is 0 Å². The molecule has 0 saturated heterocycles. The molecule has 18 heavy (non-hydrogen) atoms. The van der Waals surface area contributed by atoms with Gasteiger partial charge in [-0.15, -0.1) is 0 Å². The van der Waals surface area contributed by atoms with E-state index in [4.69, 9.17) is 4.74 Å². The van der Waals surface area contributed by atoms with E-state index in [1.807, 2.05) is 31.2 Å². The fourth-order valence-corrected chi connectivity index (χ4v) is 2.09. The molecule has 0 radical (unpaired) electrons. The van der Waals surface area contributed by atoms with Crippen LogP contribution in [0.3, 0.4) is 0 Å². The minimum atomic E-state index is -0.142. The lowest BCUT2D eigenvalue weighted by molar-refractivity contribution is -0.142. The summed E-state index contributed by atoms with van der Waals surface area (Å²) in [6.07, 6.45) is 2.32. The molecule has 0 amide bonds. The topological polar surface area (TPSA) is 42.1 Å². The molecule has 96 valence electrons. The number of rotatable bonds is 5. The van der Waals surface area contributed by atoms with E-state index in [-0.39, 0.29) is 5.97 Å². The SMILES string of the molecule is CCCCOC(=O)Cc1c(C)[nH]c2ccccc12. The second kappa shape index (κ2) is 5.71. The summed E-state index contributed by atoms with van der Waals surface area (Å²) in [6, 6.07) is 8.03. The molecule has 1 heterocycles. The van der Waals surface area contributed by atoms with Gasteiger partial charge < -0.3 is 9.72 Å². The molecular weight excluding hydrogens is 226 g/mol. The Morgan fingerprint density at radius 1 is 1.33 bits per heavy atom. The molecular formula is C15H19NO2. The molecule has 1 aromatic carbocycles. The number of aromatic amines is 1. The number of para-hydroxylation sites is 1. The number of ether oxygens (including phenoxy) is 1. The fourth-order valence-electron chi connectivity index (χ4n) is 2.09. The zero-order valence-electron chi connectivity index (χ0n) is 11.0. The van der Waals surface area contributed by atoms with Crippen LogP contribution in [-0.4, -0.2) is 17.6 Å². The molecule has 2 aromatic rings. The third kappa shape index (κ3) is 2.73. The summed E-state index contributed by atoms with van der Waals surface area (Å²) in [4.78, 5) is 15.0. The van der Waals surface area contributed by atoms with Gasteiger partial charge in [0, 0.05) is 16.6 Å². The van der Waals surface area contributed by atoms with Gasteiger partial charge in [-0.1, -0.05) is 31.5 Å². The Kier molecular flexibility index (Phi) is 4.03. The van der Waals surface area contributed by atoms with Crippen molar-refractivity contribution in [2.75, 3.05) is 6.61 Å². The van der Waals surface area contributed by atoms with Crippen molar-refractivity contribution in [1.29, 1.82) is 0 Å². The first-order valence-electron chi connectivity index (χ1n) is 6.44. The highest BCUT2D eigenvalue weighted by Crippen LogP contribution is 2.22. The zero-order chi connectivity index (χ0) is 13.0. The van der Waals surface area contributed by atoms with Gasteiger partial charge in [-0.05, 0) is 25.0 Å². The molecule has 0 spiro atoms. The molecule has 0 aliphatic carbocycles. The van der Waals surface area contributed by atoms with E-state index < -0.39 is 0 Å². The normalized spacial score (nSPS) is 10.8. The molecule has 3 heteroatoms. The highest BCUT2D eigenvalue weighted by Gasteiger charge is 2.12. The molecule has 1 aromatic heterocycles. The minimum Gasteiger partial charge on any atom is -0.465 e. The number of hydrogen-bond acceptors (Lipinski definition) is 2. The maximum atomic E-state index is 11.7. The third-order valence-electron chi connectivity index (χ3n) is 3.11. The summed E-state index contributed by atoms with van der Waals surface area (Å²) in [7, 11) is 0. The Labute approximate surface area is 107 Å². The van der Waals surface area contributed by atoms with Crippen LogP contribution < -0.4 is 0 Å². The van der Waals surface area contributed by atoms with Crippen LogP contribution >= 0.6 is 0 Å². The van der Waals surface area contributed by atoms with Crippen LogP contribution in [0.4, 0.5) is 0 Å². The van der Waals surface area contributed by atoms with Crippen molar-refractivity contribution in [3.05, 3.63) is 35.5 Å². The maximum Gasteiger partial charge on any atom is 0.310 e. The maximum absolute atomic E-state index is 11.7. The first kappa shape index (κ1) is 12.7. The van der Waals surface area contributed by atoms with Crippen LogP contribution in [0, 0.1) is 6.92 Å². The Hall–Kier alpha value is -1.77. The van der Waals surface area contributed by atoms with E-state index in [0.29, 0.717) is 13.0 Å². The average molecular weight is 245 g/mol. The molecule has 0 bridgehead atoms. The Morgan fingerprint density at radius 2 is 2.11 bits per heavy atom. The summed E-state index contributed by atoms with van der Waals surface area (Å²) in [5.74, 6) is -0.142. The number of H-pyrrole nitrogens is 1. The molecule has 1 N–H and O–H groups in total. The second-order valence-corrected chi connectivity index (χ2v) is 4.52. The van der Waals surface area contributed by atoms with Gasteiger partial charge >= 0.3 is 5.97 Å². The molecule has 0 atom stereocenters. The smallest absolute Gasteiger partial charge is 0.310 e. The van der Waals surface area contributed by atoms with Gasteiger partial charge in [0.05, 0.1) is 13.0 Å². The number of unbranched alkanes of at least 4 members (excludes halogenated alkanes) is 1. The predicted molar refractivity (Wildman–Crippen MR) is 72.6 cm³/mol. The van der Waals surface area contributed by atoms with Crippen molar-refractivity contribution in [1.82, 2.24) is 4.98 Å². The number of carbonyl (C=O) groups excluding carboxylic acids is 1. The number of aromatic nitrogens is 1. The average Bonchev–Trinajstić information content (AvgIpc) is 2.67. The molecule has 0 fully saturated rings. The van der Waals surface area contributed by atoms with Crippen LogP contribution in [0.2, 0.25) is 0 Å². The van der Waals surface area contributed by atoms with Crippen LogP contribution in [0.1, 0.15) is 31.0 Å². The van der Waals surface area contributed by atoms with Crippen LogP contribution in [0.25, 0.3) is 10.9 Å². The highest BCUT2D eigenvalue weighted by atomic mass is 16.5. The van der Waals surface area contributed by atoms with Crippen molar-refractivity contribution in [3.63, 3.8) is 0 Å². The van der Waals surface area contributed by atoms with Gasteiger partial charge in [-0.3, -0.25) is 4.79 Å². The van der Waals surface area contributed by atoms with Crippen molar-refractivity contribution in [2.45, 2.75) is 33.1 Å². The standard InChI is InChI=1S/C15H19NO2/c1-3-4-9-18-15(17)10-13-11(2)16-14-8-6-5-7-12(13)14/h5-8,16H,3-4,9-10H2,1-2H3.